The number of phenols is 1. The van der Waals surface area contributed by atoms with Crippen LogP contribution in [0.1, 0.15) is 22.9 Å². The Labute approximate surface area is 244 Å². The minimum Gasteiger partial charge on any atom is -0.508 e. The first-order valence-corrected chi connectivity index (χ1v) is 14.9. The number of phenolic OH excluding ortho intramolecular Hbond substituents is 1. The molecule has 0 radical (unpaired) electrons. The number of amides is 2. The number of thiazole rings is 1. The van der Waals surface area contributed by atoms with Gasteiger partial charge in [-0.2, -0.15) is 0 Å². The molecule has 206 valence electrons. The van der Waals surface area contributed by atoms with Gasteiger partial charge >= 0.3 is 5.97 Å². The Kier molecular flexibility index (Phi) is 7.58. The normalized spacial score (nSPS) is 17.8. The van der Waals surface area contributed by atoms with Gasteiger partial charge < -0.3 is 15.2 Å². The van der Waals surface area contributed by atoms with E-state index in [1.807, 2.05) is 66.7 Å². The molecule has 0 aliphatic carbocycles. The molecule has 2 N–H and O–H groups in total. The van der Waals surface area contributed by atoms with E-state index in [-0.39, 0.29) is 29.7 Å². The molecule has 0 bridgehead atoms. The Morgan fingerprint density at radius 1 is 1.02 bits per heavy atom. The van der Waals surface area contributed by atoms with Crippen molar-refractivity contribution in [3.05, 3.63) is 119 Å². The van der Waals surface area contributed by atoms with Gasteiger partial charge in [-0.1, -0.05) is 72.8 Å². The summed E-state index contributed by atoms with van der Waals surface area (Å²) in [6, 6.07) is 24.9. The minimum absolute atomic E-state index is 0.0110. The second-order valence-corrected chi connectivity index (χ2v) is 11.6. The van der Waals surface area contributed by atoms with Gasteiger partial charge in [0.15, 0.2) is 6.10 Å². The molecule has 3 aromatic carbocycles. The number of esters is 1. The van der Waals surface area contributed by atoms with Crippen LogP contribution in [0.3, 0.4) is 0 Å². The monoisotopic (exact) mass is 583 g/mol. The maximum absolute atomic E-state index is 13.4. The van der Waals surface area contributed by atoms with Crippen LogP contribution in [0.5, 0.6) is 5.75 Å². The lowest BCUT2D eigenvalue weighted by Crippen LogP contribution is -2.70. The number of fused-ring (bicyclic) bond motifs is 1. The molecule has 4 aromatic rings. The van der Waals surface area contributed by atoms with Crippen LogP contribution in [0.4, 0.5) is 0 Å². The molecule has 1 aromatic heterocycles. The van der Waals surface area contributed by atoms with Gasteiger partial charge in [0, 0.05) is 16.7 Å². The predicted molar refractivity (Wildman–Crippen MR) is 157 cm³/mol. The first-order chi connectivity index (χ1) is 20.0. The Balaban J connectivity index is 1.11. The van der Waals surface area contributed by atoms with Crippen molar-refractivity contribution < 1.29 is 24.2 Å². The Morgan fingerprint density at radius 2 is 1.73 bits per heavy atom. The van der Waals surface area contributed by atoms with Crippen LogP contribution >= 0.6 is 23.1 Å². The number of rotatable bonds is 8. The van der Waals surface area contributed by atoms with E-state index >= 15 is 0 Å². The summed E-state index contributed by atoms with van der Waals surface area (Å²) in [5.74, 6) is -0.626. The van der Waals surface area contributed by atoms with Crippen molar-refractivity contribution in [2.24, 2.45) is 0 Å². The highest BCUT2D eigenvalue weighted by Gasteiger charge is 2.53. The number of thioether (sulfide) groups is 1. The van der Waals surface area contributed by atoms with Crippen LogP contribution in [0, 0.1) is 0 Å². The van der Waals surface area contributed by atoms with Gasteiger partial charge in [-0.05, 0) is 29.3 Å². The molecule has 2 amide bonds. The zero-order chi connectivity index (χ0) is 28.3. The lowest BCUT2D eigenvalue weighted by Gasteiger charge is -2.48. The fourth-order valence-corrected chi connectivity index (χ4v) is 6.84. The average molecular weight is 584 g/mol. The van der Waals surface area contributed by atoms with E-state index in [2.05, 4.69) is 10.3 Å². The van der Waals surface area contributed by atoms with Crippen LogP contribution in [-0.2, 0) is 25.5 Å². The molecule has 1 fully saturated rings. The van der Waals surface area contributed by atoms with E-state index in [0.717, 1.165) is 16.7 Å². The average Bonchev–Trinajstić information content (AvgIpc) is 3.47. The number of ether oxygens (including phenoxy) is 1. The van der Waals surface area contributed by atoms with Crippen molar-refractivity contribution in [3.8, 4) is 16.3 Å². The molecule has 2 unspecified atom stereocenters. The number of aromatic hydroxyl groups is 1. The van der Waals surface area contributed by atoms with Crippen LogP contribution in [0.25, 0.3) is 10.6 Å². The van der Waals surface area contributed by atoms with Gasteiger partial charge in [-0.3, -0.25) is 14.5 Å². The van der Waals surface area contributed by atoms with Crippen molar-refractivity contribution in [2.45, 2.75) is 23.9 Å². The number of aromatic nitrogens is 1. The molecule has 0 spiro atoms. The molecule has 1 saturated heterocycles. The van der Waals surface area contributed by atoms with Gasteiger partial charge in [0.1, 0.15) is 27.9 Å². The van der Waals surface area contributed by atoms with Crippen LogP contribution in [0.15, 0.2) is 102 Å². The highest BCUT2D eigenvalue weighted by atomic mass is 32.2. The summed E-state index contributed by atoms with van der Waals surface area (Å²) in [6.07, 6.45) is 1.08. The third kappa shape index (κ3) is 5.61. The van der Waals surface area contributed by atoms with Gasteiger partial charge in [0.2, 0.25) is 5.91 Å². The van der Waals surface area contributed by atoms with Crippen molar-refractivity contribution in [3.63, 3.8) is 0 Å². The van der Waals surface area contributed by atoms with Crippen molar-refractivity contribution >= 4 is 40.9 Å². The molecule has 8 nitrogen and oxygen atoms in total. The molecule has 6 rings (SSSR count). The van der Waals surface area contributed by atoms with E-state index in [9.17, 15) is 19.5 Å². The lowest BCUT2D eigenvalue weighted by molar-refractivity contribution is -0.154. The topological polar surface area (TPSA) is 109 Å². The number of hydrogen-bond donors (Lipinski definition) is 2. The summed E-state index contributed by atoms with van der Waals surface area (Å²) >= 11 is 2.85. The van der Waals surface area contributed by atoms with E-state index < -0.39 is 23.5 Å². The molecular formula is C31H25N3O5S2. The quantitative estimate of drug-likeness (QED) is 0.229. The van der Waals surface area contributed by atoms with Gasteiger partial charge in [0.05, 0.1) is 12.1 Å². The van der Waals surface area contributed by atoms with Crippen LogP contribution < -0.4 is 5.32 Å². The SMILES string of the molecule is O=C(Cc1csc(-c2cccc(O)c2)n1)NC1C(=O)N2C(C(=O)OC(c3ccccc3)c3ccccc3)=CCSC12. The van der Waals surface area contributed by atoms with Crippen LogP contribution in [-0.4, -0.2) is 49.9 Å². The molecule has 41 heavy (non-hydrogen) atoms. The number of nitrogens with one attached hydrogen (secondary N) is 1. The summed E-state index contributed by atoms with van der Waals surface area (Å²) in [4.78, 5) is 45.3. The summed E-state index contributed by atoms with van der Waals surface area (Å²) in [5.41, 5.74) is 3.17. The first-order valence-electron chi connectivity index (χ1n) is 13.0. The first kappa shape index (κ1) is 26.8. The molecule has 0 saturated carbocycles. The van der Waals surface area contributed by atoms with E-state index in [1.54, 1.807) is 29.7 Å². The molecular weight excluding hydrogens is 558 g/mol. The summed E-state index contributed by atoms with van der Waals surface area (Å²) in [7, 11) is 0. The minimum atomic E-state index is -0.743. The molecule has 2 atom stereocenters. The van der Waals surface area contributed by atoms with Crippen molar-refractivity contribution in [1.29, 1.82) is 0 Å². The maximum Gasteiger partial charge on any atom is 0.355 e. The van der Waals surface area contributed by atoms with Gasteiger partial charge in [-0.15, -0.1) is 23.1 Å². The van der Waals surface area contributed by atoms with E-state index in [0.29, 0.717) is 16.5 Å². The second kappa shape index (κ2) is 11.6. The third-order valence-electron chi connectivity index (χ3n) is 6.79. The number of nitrogens with zero attached hydrogens (tertiary/aromatic N) is 2. The number of carbonyl (C=O) groups is 3. The molecule has 10 heteroatoms. The highest BCUT2D eigenvalue weighted by Crippen LogP contribution is 2.39. The zero-order valence-electron chi connectivity index (χ0n) is 21.7. The summed E-state index contributed by atoms with van der Waals surface area (Å²) in [6.45, 7) is 0. The van der Waals surface area contributed by atoms with Crippen molar-refractivity contribution in [2.75, 3.05) is 5.75 Å². The van der Waals surface area contributed by atoms with Crippen molar-refractivity contribution in [1.82, 2.24) is 15.2 Å². The van der Waals surface area contributed by atoms with Crippen LogP contribution in [0.2, 0.25) is 0 Å². The number of carbonyl (C=O) groups excluding carboxylic acids is 3. The van der Waals surface area contributed by atoms with E-state index in [4.69, 9.17) is 4.74 Å². The fraction of sp³-hybridized carbons (Fsp3) is 0.161. The predicted octanol–water partition coefficient (Wildman–Crippen LogP) is 4.67. The Bertz CT molecular complexity index is 1580. The fourth-order valence-electron chi connectivity index (χ4n) is 4.83. The van der Waals surface area contributed by atoms with Gasteiger partial charge in [-0.25, -0.2) is 9.78 Å². The number of hydrogen-bond acceptors (Lipinski definition) is 8. The second-order valence-electron chi connectivity index (χ2n) is 9.54. The molecule has 2 aliphatic rings. The molecule has 3 heterocycles. The third-order valence-corrected chi connectivity index (χ3v) is 8.91. The van der Waals surface area contributed by atoms with Gasteiger partial charge in [0.25, 0.3) is 5.91 Å². The highest BCUT2D eigenvalue weighted by molar-refractivity contribution is 8.00. The number of benzene rings is 3. The Morgan fingerprint density at radius 3 is 2.41 bits per heavy atom. The van der Waals surface area contributed by atoms with E-state index in [1.165, 1.54) is 28.0 Å². The number of β-lactam (4-membered cyclic amide) rings is 1. The standard InChI is InChI=1S/C31H25N3O5S2/c35-23-13-7-12-21(16-23)28-32-22(18-41-28)17-25(36)33-26-29(37)34-24(14-15-40-30(26)34)31(38)39-27(19-8-3-1-4-9-19)20-10-5-2-6-11-20/h1-14,16,18,26-27,30,35H,15,17H2,(H,33,36). The smallest absolute Gasteiger partial charge is 0.355 e. The lowest BCUT2D eigenvalue weighted by atomic mass is 10.0. The maximum atomic E-state index is 13.4. The summed E-state index contributed by atoms with van der Waals surface area (Å²) in [5, 5.41) is 14.6. The molecule has 2 aliphatic heterocycles. The zero-order valence-corrected chi connectivity index (χ0v) is 23.3. The largest absolute Gasteiger partial charge is 0.508 e. The summed E-state index contributed by atoms with van der Waals surface area (Å²) < 4.78 is 5.98. The Hall–Kier alpha value is -4.41.